The number of carbonyl (C=O) groups excluding carboxylic acids is 1. The molecule has 0 saturated carbocycles. The van der Waals surface area contributed by atoms with Crippen molar-refractivity contribution in [1.82, 2.24) is 4.98 Å². The van der Waals surface area contributed by atoms with Crippen LogP contribution in [0.2, 0.25) is 0 Å². The highest BCUT2D eigenvalue weighted by molar-refractivity contribution is 5.91. The molecule has 0 fully saturated rings. The van der Waals surface area contributed by atoms with Gasteiger partial charge < -0.3 is 4.74 Å². The van der Waals surface area contributed by atoms with Crippen LogP contribution in [0.4, 0.5) is 4.39 Å². The molecule has 0 radical (unpaired) electrons. The number of carbonyl (C=O) groups is 1. The first kappa shape index (κ1) is 15.9. The number of esters is 1. The van der Waals surface area contributed by atoms with Crippen molar-refractivity contribution in [3.8, 4) is 0 Å². The average Bonchev–Trinajstić information content (AvgIpc) is 2.60. The summed E-state index contributed by atoms with van der Waals surface area (Å²) in [6.07, 6.45) is 0.845. The highest BCUT2D eigenvalue weighted by atomic mass is 19.1. The molecule has 0 aliphatic heterocycles. The van der Waals surface area contributed by atoms with Gasteiger partial charge >= 0.3 is 5.97 Å². The first-order chi connectivity index (χ1) is 11.6. The van der Waals surface area contributed by atoms with E-state index >= 15 is 0 Å². The van der Waals surface area contributed by atoms with Gasteiger partial charge in [-0.3, -0.25) is 4.98 Å². The van der Waals surface area contributed by atoms with Gasteiger partial charge in [0, 0.05) is 11.8 Å². The number of nitrogens with zero attached hydrogens (tertiary/aromatic N) is 1. The van der Waals surface area contributed by atoms with Crippen LogP contribution >= 0.6 is 0 Å². The lowest BCUT2D eigenvalue weighted by atomic mass is 10.0. The maximum atomic E-state index is 13.6. The van der Waals surface area contributed by atoms with Crippen LogP contribution in [-0.4, -0.2) is 11.0 Å². The lowest BCUT2D eigenvalue weighted by Gasteiger charge is -2.18. The zero-order valence-electron chi connectivity index (χ0n) is 13.1. The Morgan fingerprint density at radius 1 is 1.04 bits per heavy atom. The van der Waals surface area contributed by atoms with E-state index in [1.165, 1.54) is 12.1 Å². The number of hydrogen-bond acceptors (Lipinski definition) is 3. The molecule has 0 aliphatic carbocycles. The lowest BCUT2D eigenvalue weighted by molar-refractivity contribution is 0.0369. The molecule has 0 N–H and O–H groups in total. The predicted molar refractivity (Wildman–Crippen MR) is 89.1 cm³/mol. The first-order valence-corrected chi connectivity index (χ1v) is 7.58. The number of aromatic nitrogens is 1. The fourth-order valence-corrected chi connectivity index (χ4v) is 2.47. The molecular weight excluding hydrogens is 305 g/mol. The molecule has 2 aromatic carbocycles. The zero-order chi connectivity index (χ0) is 16.9. The number of halogens is 1. The van der Waals surface area contributed by atoms with Gasteiger partial charge in [0.1, 0.15) is 5.82 Å². The fourth-order valence-electron chi connectivity index (χ4n) is 2.47. The Morgan fingerprint density at radius 2 is 1.83 bits per heavy atom. The Morgan fingerprint density at radius 3 is 2.54 bits per heavy atom. The van der Waals surface area contributed by atoms with Crippen molar-refractivity contribution in [3.63, 3.8) is 0 Å². The molecule has 3 nitrogen and oxygen atoms in total. The van der Waals surface area contributed by atoms with E-state index in [2.05, 4.69) is 4.98 Å². The molecule has 4 heteroatoms. The molecule has 0 aliphatic rings. The van der Waals surface area contributed by atoms with Gasteiger partial charge in [0.15, 0.2) is 6.10 Å². The van der Waals surface area contributed by atoms with Gasteiger partial charge in [0.2, 0.25) is 0 Å². The van der Waals surface area contributed by atoms with Crippen LogP contribution in [-0.2, 0) is 4.74 Å². The van der Waals surface area contributed by atoms with Crippen molar-refractivity contribution in [3.05, 3.63) is 101 Å². The van der Waals surface area contributed by atoms with Gasteiger partial charge in [0.05, 0.1) is 11.3 Å². The van der Waals surface area contributed by atoms with Crippen LogP contribution in [0.25, 0.3) is 0 Å². The van der Waals surface area contributed by atoms with Crippen LogP contribution in [0.3, 0.4) is 0 Å². The van der Waals surface area contributed by atoms with Gasteiger partial charge in [-0.1, -0.05) is 36.4 Å². The van der Waals surface area contributed by atoms with Gasteiger partial charge in [-0.15, -0.1) is 0 Å². The van der Waals surface area contributed by atoms with E-state index in [0.717, 1.165) is 5.56 Å². The number of rotatable bonds is 4. The van der Waals surface area contributed by atoms with Crippen molar-refractivity contribution in [2.45, 2.75) is 13.0 Å². The second-order valence-corrected chi connectivity index (χ2v) is 5.41. The molecular formula is C20H16FNO2. The van der Waals surface area contributed by atoms with E-state index < -0.39 is 12.1 Å². The first-order valence-electron chi connectivity index (χ1n) is 7.58. The van der Waals surface area contributed by atoms with Crippen molar-refractivity contribution >= 4 is 5.97 Å². The summed E-state index contributed by atoms with van der Waals surface area (Å²) in [5.41, 5.74) is 2.39. The van der Waals surface area contributed by atoms with Crippen molar-refractivity contribution < 1.29 is 13.9 Å². The van der Waals surface area contributed by atoms with E-state index in [9.17, 15) is 9.18 Å². The minimum Gasteiger partial charge on any atom is -0.447 e. The third-order valence-corrected chi connectivity index (χ3v) is 3.70. The SMILES string of the molecule is Cc1ccccc1C(=O)OC(c1cccc(F)c1)c1ccccn1. The van der Waals surface area contributed by atoms with Crippen molar-refractivity contribution in [2.75, 3.05) is 0 Å². The maximum absolute atomic E-state index is 13.6. The van der Waals surface area contributed by atoms with Crippen LogP contribution in [0.1, 0.15) is 33.3 Å². The highest BCUT2D eigenvalue weighted by Gasteiger charge is 2.22. The molecule has 0 spiro atoms. The van der Waals surface area contributed by atoms with Crippen molar-refractivity contribution in [2.24, 2.45) is 0 Å². The largest absolute Gasteiger partial charge is 0.447 e. The second kappa shape index (κ2) is 7.04. The number of pyridine rings is 1. The molecule has 0 amide bonds. The minimum atomic E-state index is -0.769. The smallest absolute Gasteiger partial charge is 0.339 e. The van der Waals surface area contributed by atoms with Gasteiger partial charge in [-0.25, -0.2) is 9.18 Å². The van der Waals surface area contributed by atoms with Crippen LogP contribution in [0.15, 0.2) is 72.9 Å². The molecule has 1 unspecified atom stereocenters. The van der Waals surface area contributed by atoms with Crippen LogP contribution in [0.5, 0.6) is 0 Å². The Balaban J connectivity index is 1.97. The molecule has 0 saturated heterocycles. The third-order valence-electron chi connectivity index (χ3n) is 3.70. The summed E-state index contributed by atoms with van der Waals surface area (Å²) < 4.78 is 19.3. The minimum absolute atomic E-state index is 0.389. The molecule has 1 aromatic heterocycles. The number of ether oxygens (including phenoxy) is 1. The summed E-state index contributed by atoms with van der Waals surface area (Å²) in [6.45, 7) is 1.84. The number of aryl methyl sites for hydroxylation is 1. The standard InChI is InChI=1S/C20H16FNO2/c1-14-7-2-3-10-17(14)20(23)24-19(18-11-4-5-12-22-18)15-8-6-9-16(21)13-15/h2-13,19H,1H3. The third kappa shape index (κ3) is 3.49. The van der Waals surface area contributed by atoms with E-state index in [-0.39, 0.29) is 5.82 Å². The number of benzene rings is 2. The average molecular weight is 321 g/mol. The van der Waals surface area contributed by atoms with Crippen LogP contribution < -0.4 is 0 Å². The Hall–Kier alpha value is -3.01. The predicted octanol–water partition coefficient (Wildman–Crippen LogP) is 4.48. The lowest BCUT2D eigenvalue weighted by Crippen LogP contribution is -2.15. The van der Waals surface area contributed by atoms with E-state index in [4.69, 9.17) is 4.74 Å². The Labute approximate surface area is 139 Å². The summed E-state index contributed by atoms with van der Waals surface area (Å²) >= 11 is 0. The van der Waals surface area contributed by atoms with Crippen molar-refractivity contribution in [1.29, 1.82) is 0 Å². The topological polar surface area (TPSA) is 39.2 Å². The number of hydrogen-bond donors (Lipinski definition) is 0. The summed E-state index contributed by atoms with van der Waals surface area (Å²) in [5.74, 6) is -0.853. The summed E-state index contributed by atoms with van der Waals surface area (Å²) in [7, 11) is 0. The van der Waals surface area contributed by atoms with Crippen LogP contribution in [0, 0.1) is 12.7 Å². The summed E-state index contributed by atoms with van der Waals surface area (Å²) in [6, 6.07) is 18.5. The molecule has 3 aromatic rings. The summed E-state index contributed by atoms with van der Waals surface area (Å²) in [5, 5.41) is 0. The molecule has 1 heterocycles. The highest BCUT2D eigenvalue weighted by Crippen LogP contribution is 2.26. The van der Waals surface area contributed by atoms with E-state index in [1.54, 1.807) is 48.7 Å². The molecule has 3 rings (SSSR count). The molecule has 24 heavy (non-hydrogen) atoms. The Bertz CT molecular complexity index is 849. The van der Waals surface area contributed by atoms with Gasteiger partial charge in [0.25, 0.3) is 0 Å². The molecule has 1 atom stereocenters. The normalized spacial score (nSPS) is 11.8. The van der Waals surface area contributed by atoms with Gasteiger partial charge in [-0.05, 0) is 42.8 Å². The quantitative estimate of drug-likeness (QED) is 0.665. The molecule has 0 bridgehead atoms. The van der Waals surface area contributed by atoms with Gasteiger partial charge in [-0.2, -0.15) is 0 Å². The zero-order valence-corrected chi connectivity index (χ0v) is 13.1. The fraction of sp³-hybridized carbons (Fsp3) is 0.100. The van der Waals surface area contributed by atoms with E-state index in [1.807, 2.05) is 19.1 Å². The monoisotopic (exact) mass is 321 g/mol. The maximum Gasteiger partial charge on any atom is 0.339 e. The summed E-state index contributed by atoms with van der Waals surface area (Å²) in [4.78, 5) is 16.8. The molecule has 120 valence electrons. The van der Waals surface area contributed by atoms with E-state index in [0.29, 0.717) is 16.8 Å². The Kier molecular flexibility index (Phi) is 4.66. The second-order valence-electron chi connectivity index (χ2n) is 5.41.